The Morgan fingerprint density at radius 3 is 1.58 bits per heavy atom. The molecule has 0 unspecified atom stereocenters. The molecule has 172 valence electrons. The minimum absolute atomic E-state index is 0.00874. The number of ketones is 1. The van der Waals surface area contributed by atoms with Gasteiger partial charge in [0.05, 0.1) is 39.1 Å². The monoisotopic (exact) mass is 442 g/mol. The van der Waals surface area contributed by atoms with Crippen LogP contribution in [0.3, 0.4) is 0 Å². The first-order chi connectivity index (χ1) is 15.0. The van der Waals surface area contributed by atoms with Gasteiger partial charge in [0, 0.05) is 29.3 Å². The van der Waals surface area contributed by atoms with Crippen molar-refractivity contribution in [3.63, 3.8) is 0 Å². The van der Waals surface area contributed by atoms with Crippen molar-refractivity contribution in [2.75, 3.05) is 46.1 Å². The summed E-state index contributed by atoms with van der Waals surface area (Å²) < 4.78 is 19.6. The van der Waals surface area contributed by atoms with E-state index in [4.69, 9.17) is 30.0 Å². The van der Waals surface area contributed by atoms with Crippen molar-refractivity contribution >= 4 is 23.7 Å². The minimum Gasteiger partial charge on any atom is -0.466 e. The van der Waals surface area contributed by atoms with E-state index in [-0.39, 0.29) is 77.6 Å². The number of nitrogens with zero attached hydrogens (tertiary/aromatic N) is 6. The molecule has 0 heterocycles. The molecule has 0 aromatic carbocycles. The van der Waals surface area contributed by atoms with E-state index in [9.17, 15) is 19.2 Å². The van der Waals surface area contributed by atoms with Gasteiger partial charge in [-0.1, -0.05) is 10.2 Å². The molecule has 31 heavy (non-hydrogen) atoms. The van der Waals surface area contributed by atoms with E-state index in [1.54, 1.807) is 0 Å². The van der Waals surface area contributed by atoms with Crippen LogP contribution in [-0.2, 0) is 38.1 Å². The molecule has 0 aromatic heterocycles. The first-order valence-corrected chi connectivity index (χ1v) is 9.57. The third-order valence-corrected chi connectivity index (χ3v) is 3.35. The first kappa shape index (κ1) is 27.7. The van der Waals surface area contributed by atoms with Crippen LogP contribution in [0.25, 0.3) is 20.9 Å². The molecule has 0 saturated heterocycles. The van der Waals surface area contributed by atoms with Crippen molar-refractivity contribution in [2.24, 2.45) is 10.2 Å². The number of azide groups is 2. The maximum atomic E-state index is 11.6. The van der Waals surface area contributed by atoms with Crippen molar-refractivity contribution in [1.82, 2.24) is 0 Å². The van der Waals surface area contributed by atoms with Crippen LogP contribution in [0.2, 0.25) is 0 Å². The van der Waals surface area contributed by atoms with Gasteiger partial charge in [0.25, 0.3) is 0 Å². The Morgan fingerprint density at radius 2 is 1.10 bits per heavy atom. The van der Waals surface area contributed by atoms with E-state index in [0.29, 0.717) is 12.8 Å². The molecule has 0 N–H and O–H groups in total. The van der Waals surface area contributed by atoms with Crippen LogP contribution in [-0.4, -0.2) is 69.8 Å². The first-order valence-electron chi connectivity index (χ1n) is 9.57. The fraction of sp³-hybridized carbons (Fsp3) is 0.765. The summed E-state index contributed by atoms with van der Waals surface area (Å²) in [7, 11) is 0. The summed E-state index contributed by atoms with van der Waals surface area (Å²) >= 11 is 0. The van der Waals surface area contributed by atoms with Crippen LogP contribution in [0.4, 0.5) is 0 Å². The summed E-state index contributed by atoms with van der Waals surface area (Å²) in [6, 6.07) is 0. The zero-order valence-electron chi connectivity index (χ0n) is 17.1. The van der Waals surface area contributed by atoms with Crippen molar-refractivity contribution in [3.05, 3.63) is 20.9 Å². The van der Waals surface area contributed by atoms with Gasteiger partial charge in [-0.25, -0.2) is 0 Å². The number of rotatable bonds is 19. The van der Waals surface area contributed by atoms with Crippen LogP contribution >= 0.6 is 0 Å². The van der Waals surface area contributed by atoms with Crippen LogP contribution in [0.15, 0.2) is 10.2 Å². The van der Waals surface area contributed by atoms with E-state index in [1.165, 1.54) is 0 Å². The quantitative estimate of drug-likeness (QED) is 0.0722. The lowest BCUT2D eigenvalue weighted by atomic mass is 10.2. The summed E-state index contributed by atoms with van der Waals surface area (Å²) in [5.74, 6) is -2.00. The Kier molecular flexibility index (Phi) is 17.8. The molecular formula is C17H26N6O8. The summed E-state index contributed by atoms with van der Waals surface area (Å²) in [6.45, 7) is 0.340. The Hall–Kier alpha value is -3.34. The fourth-order valence-corrected chi connectivity index (χ4v) is 1.87. The molecule has 0 aliphatic carbocycles. The van der Waals surface area contributed by atoms with Crippen LogP contribution in [0, 0.1) is 0 Å². The lowest BCUT2D eigenvalue weighted by Crippen LogP contribution is -2.17. The summed E-state index contributed by atoms with van der Waals surface area (Å²) in [4.78, 5) is 51.0. The molecule has 0 radical (unpaired) electrons. The SMILES string of the molecule is [N-]=[N+]=NCCCOC(=O)CCC(=O)COCCOC(=O)CCC(=O)OCCCN=[N+]=[N-]. The van der Waals surface area contributed by atoms with E-state index < -0.39 is 17.9 Å². The fourth-order valence-electron chi connectivity index (χ4n) is 1.87. The van der Waals surface area contributed by atoms with Crippen molar-refractivity contribution in [3.8, 4) is 0 Å². The lowest BCUT2D eigenvalue weighted by molar-refractivity contribution is -0.151. The maximum Gasteiger partial charge on any atom is 0.306 e. The number of hydrogen-bond donors (Lipinski definition) is 0. The predicted molar refractivity (Wildman–Crippen MR) is 104 cm³/mol. The number of ether oxygens (including phenoxy) is 4. The van der Waals surface area contributed by atoms with E-state index >= 15 is 0 Å². The third-order valence-electron chi connectivity index (χ3n) is 3.35. The molecule has 14 heteroatoms. The molecule has 0 aliphatic heterocycles. The minimum atomic E-state index is -0.607. The standard InChI is InChI=1S/C17H26N6O8/c18-22-20-7-1-9-29-15(25)4-3-14(24)13-28-11-12-31-17(27)6-5-16(26)30-10-2-8-21-23-19/h1-13H2. The van der Waals surface area contributed by atoms with Gasteiger partial charge < -0.3 is 18.9 Å². The highest BCUT2D eigenvalue weighted by atomic mass is 16.6. The number of Topliss-reactive ketones (excluding diaryl/α,β-unsaturated/α-hetero) is 1. The summed E-state index contributed by atoms with van der Waals surface area (Å²) in [5, 5.41) is 6.58. The average Bonchev–Trinajstić information content (AvgIpc) is 2.75. The highest BCUT2D eigenvalue weighted by molar-refractivity contribution is 5.83. The second-order valence-corrected chi connectivity index (χ2v) is 5.87. The predicted octanol–water partition coefficient (Wildman–Crippen LogP) is 2.16. The Bertz CT molecular complexity index is 618. The zero-order chi connectivity index (χ0) is 23.2. The summed E-state index contributed by atoms with van der Waals surface area (Å²) in [5.41, 5.74) is 16.2. The van der Waals surface area contributed by atoms with E-state index in [1.807, 2.05) is 0 Å². The number of hydrogen-bond acceptors (Lipinski definition) is 10. The largest absolute Gasteiger partial charge is 0.466 e. The third kappa shape index (κ3) is 19.7. The summed E-state index contributed by atoms with van der Waals surface area (Å²) in [6.07, 6.45) is 0.392. The second kappa shape index (κ2) is 20.0. The molecule has 14 nitrogen and oxygen atoms in total. The van der Waals surface area contributed by atoms with Gasteiger partial charge in [0.2, 0.25) is 0 Å². The van der Waals surface area contributed by atoms with Crippen LogP contribution in [0.5, 0.6) is 0 Å². The number of carbonyl (C=O) groups excluding carboxylic acids is 4. The molecule has 0 atom stereocenters. The van der Waals surface area contributed by atoms with Gasteiger partial charge in [0.1, 0.15) is 13.2 Å². The molecule has 0 bridgehead atoms. The highest BCUT2D eigenvalue weighted by Gasteiger charge is 2.10. The lowest BCUT2D eigenvalue weighted by Gasteiger charge is -2.06. The molecule has 0 rings (SSSR count). The van der Waals surface area contributed by atoms with E-state index in [2.05, 4.69) is 20.1 Å². The Balaban J connectivity index is 3.60. The topological polar surface area (TPSA) is 203 Å². The van der Waals surface area contributed by atoms with Crippen LogP contribution in [0.1, 0.15) is 38.5 Å². The van der Waals surface area contributed by atoms with Gasteiger partial charge in [-0.2, -0.15) is 0 Å². The second-order valence-electron chi connectivity index (χ2n) is 5.87. The van der Waals surface area contributed by atoms with Gasteiger partial charge in [-0.15, -0.1) is 0 Å². The molecule has 0 aliphatic rings. The number of carbonyl (C=O) groups is 4. The molecule has 0 amide bonds. The van der Waals surface area contributed by atoms with Crippen LogP contribution < -0.4 is 0 Å². The normalized spacial score (nSPS) is 9.68. The molecule has 0 aromatic rings. The van der Waals surface area contributed by atoms with Crippen molar-refractivity contribution in [2.45, 2.75) is 38.5 Å². The maximum absolute atomic E-state index is 11.6. The molecule has 0 saturated carbocycles. The highest BCUT2D eigenvalue weighted by Crippen LogP contribution is 1.99. The van der Waals surface area contributed by atoms with Crippen molar-refractivity contribution < 1.29 is 38.1 Å². The van der Waals surface area contributed by atoms with Crippen molar-refractivity contribution in [1.29, 1.82) is 0 Å². The molecule has 0 fully saturated rings. The number of esters is 3. The van der Waals surface area contributed by atoms with Gasteiger partial charge in [-0.05, 0) is 23.9 Å². The van der Waals surface area contributed by atoms with Gasteiger partial charge in [-0.3, -0.25) is 19.2 Å². The Labute approximate surface area is 178 Å². The van der Waals surface area contributed by atoms with Gasteiger partial charge >= 0.3 is 17.9 Å². The van der Waals surface area contributed by atoms with Gasteiger partial charge in [0.15, 0.2) is 5.78 Å². The molecular weight excluding hydrogens is 416 g/mol. The zero-order valence-corrected chi connectivity index (χ0v) is 17.1. The Morgan fingerprint density at radius 1 is 0.645 bits per heavy atom. The average molecular weight is 442 g/mol. The smallest absolute Gasteiger partial charge is 0.306 e. The van der Waals surface area contributed by atoms with E-state index in [0.717, 1.165) is 0 Å². The molecule has 0 spiro atoms.